The lowest BCUT2D eigenvalue weighted by Crippen LogP contribution is -2.64. The lowest BCUT2D eigenvalue weighted by atomic mass is 9.96. The number of ether oxygens (including phenoxy) is 8. The molecule has 1 N–H and O–H groups in total. The fourth-order valence-corrected chi connectivity index (χ4v) is 5.88. The third kappa shape index (κ3) is 8.89. The smallest absolute Gasteiger partial charge is 0.187 e. The Morgan fingerprint density at radius 2 is 1.04 bits per heavy atom. The van der Waals surface area contributed by atoms with Gasteiger partial charge in [-0.2, -0.15) is 0 Å². The summed E-state index contributed by atoms with van der Waals surface area (Å²) < 4.78 is 50.4. The summed E-state index contributed by atoms with van der Waals surface area (Å²) in [4.78, 5) is 0. The Balaban J connectivity index is 1.38. The first-order valence-electron chi connectivity index (χ1n) is 15.8. The highest BCUT2D eigenvalue weighted by atomic mass is 16.7. The van der Waals surface area contributed by atoms with E-state index in [9.17, 15) is 5.11 Å². The van der Waals surface area contributed by atoms with Crippen LogP contribution >= 0.6 is 0 Å². The summed E-state index contributed by atoms with van der Waals surface area (Å²) >= 11 is 0. The Hall–Kier alpha value is -2.96. The molecule has 0 aromatic heterocycles. The molecule has 0 aliphatic carbocycles. The van der Waals surface area contributed by atoms with E-state index in [1.54, 1.807) is 13.2 Å². The molecule has 0 spiro atoms. The summed E-state index contributed by atoms with van der Waals surface area (Å²) in [6.45, 7) is 8.76. The maximum Gasteiger partial charge on any atom is 0.187 e. The molecule has 9 heteroatoms. The van der Waals surface area contributed by atoms with Crippen LogP contribution in [0, 0.1) is 0 Å². The molecule has 3 aromatic carbocycles. The minimum absolute atomic E-state index is 0.220. The van der Waals surface area contributed by atoms with Gasteiger partial charge < -0.3 is 43.0 Å². The second-order valence-electron chi connectivity index (χ2n) is 11.6. The molecule has 2 heterocycles. The van der Waals surface area contributed by atoms with Crippen LogP contribution in [0.25, 0.3) is 0 Å². The zero-order chi connectivity index (χ0) is 32.3. The van der Waals surface area contributed by atoms with Crippen molar-refractivity contribution in [3.8, 4) is 0 Å². The highest BCUT2D eigenvalue weighted by molar-refractivity contribution is 5.15. The van der Waals surface area contributed by atoms with Crippen LogP contribution in [-0.4, -0.2) is 80.2 Å². The SMILES string of the molecule is C=CCO[C@H]1[C@H](OCc2ccccc2)[C@@H](C)OC(O[C@@H]2[C@H](OCc3ccccc3)[C@@H](OC)O[C@H](C)[C@H]2OCc2ccccc2)[C@H]1O. The summed E-state index contributed by atoms with van der Waals surface area (Å²) in [7, 11) is 1.57. The van der Waals surface area contributed by atoms with E-state index in [0.717, 1.165) is 16.7 Å². The minimum Gasteiger partial charge on any atom is -0.385 e. The van der Waals surface area contributed by atoms with Gasteiger partial charge in [0.15, 0.2) is 12.6 Å². The Morgan fingerprint density at radius 1 is 0.609 bits per heavy atom. The first kappa shape index (κ1) is 34.4. The standard InChI is InChI=1S/C37H46O9/c1-5-21-40-33-30(38)36(44-25(2)31(33)41-22-27-15-9-6-10-16-27)46-34-32(42-23-28-17-11-7-12-18-28)26(3)45-37(39-4)35(34)43-24-29-19-13-8-14-20-29/h5-20,25-26,30-38H,1,21-24H2,2-4H3/t25-,26-,30+,31-,32-,33-,34+,35+,36?,37+/m1/s1. The Kier molecular flexibility index (Phi) is 12.9. The summed E-state index contributed by atoms with van der Waals surface area (Å²) in [6.07, 6.45) is -5.65. The zero-order valence-electron chi connectivity index (χ0n) is 26.8. The second kappa shape index (κ2) is 17.3. The summed E-state index contributed by atoms with van der Waals surface area (Å²) in [5.41, 5.74) is 2.99. The van der Waals surface area contributed by atoms with E-state index in [-0.39, 0.29) is 6.61 Å². The van der Waals surface area contributed by atoms with Crippen molar-refractivity contribution in [2.24, 2.45) is 0 Å². The van der Waals surface area contributed by atoms with Gasteiger partial charge in [-0.25, -0.2) is 0 Å². The molecule has 3 aromatic rings. The molecule has 2 aliphatic heterocycles. The number of methoxy groups -OCH3 is 1. The highest BCUT2D eigenvalue weighted by Gasteiger charge is 2.52. The van der Waals surface area contributed by atoms with Crippen LogP contribution in [0.2, 0.25) is 0 Å². The normalized spacial score (nSPS) is 31.4. The molecule has 0 saturated carbocycles. The first-order valence-corrected chi connectivity index (χ1v) is 15.8. The molecular formula is C37H46O9. The number of rotatable bonds is 15. The van der Waals surface area contributed by atoms with Crippen molar-refractivity contribution in [3.63, 3.8) is 0 Å². The number of aliphatic hydroxyl groups is 1. The molecule has 0 radical (unpaired) electrons. The summed E-state index contributed by atoms with van der Waals surface area (Å²) in [5.74, 6) is 0. The van der Waals surface area contributed by atoms with Crippen LogP contribution in [-0.2, 0) is 57.7 Å². The summed E-state index contributed by atoms with van der Waals surface area (Å²) in [5, 5.41) is 11.7. The van der Waals surface area contributed by atoms with Crippen molar-refractivity contribution in [3.05, 3.63) is 120 Å². The van der Waals surface area contributed by atoms with Gasteiger partial charge in [-0.1, -0.05) is 97.1 Å². The number of hydrogen-bond acceptors (Lipinski definition) is 9. The highest BCUT2D eigenvalue weighted by Crippen LogP contribution is 2.34. The molecule has 2 aliphatic rings. The Morgan fingerprint density at radius 3 is 1.50 bits per heavy atom. The van der Waals surface area contributed by atoms with Gasteiger partial charge in [-0.15, -0.1) is 6.58 Å². The van der Waals surface area contributed by atoms with Crippen molar-refractivity contribution >= 4 is 0 Å². The van der Waals surface area contributed by atoms with Crippen LogP contribution < -0.4 is 0 Å². The zero-order valence-corrected chi connectivity index (χ0v) is 26.8. The predicted octanol–water partition coefficient (Wildman–Crippen LogP) is 5.20. The van der Waals surface area contributed by atoms with Crippen molar-refractivity contribution in [1.29, 1.82) is 0 Å². The third-order valence-electron chi connectivity index (χ3n) is 8.26. The molecule has 9 nitrogen and oxygen atoms in total. The predicted molar refractivity (Wildman–Crippen MR) is 172 cm³/mol. The van der Waals surface area contributed by atoms with Gasteiger partial charge in [-0.05, 0) is 30.5 Å². The van der Waals surface area contributed by atoms with Crippen LogP contribution in [0.4, 0.5) is 0 Å². The average Bonchev–Trinajstić information content (AvgIpc) is 3.09. The van der Waals surface area contributed by atoms with Gasteiger partial charge in [0, 0.05) is 7.11 Å². The number of aliphatic hydroxyl groups excluding tert-OH is 1. The molecule has 2 saturated heterocycles. The Labute approximate surface area is 271 Å². The fraction of sp³-hybridized carbons (Fsp3) is 0.459. The van der Waals surface area contributed by atoms with Crippen molar-refractivity contribution in [1.82, 2.24) is 0 Å². The molecule has 10 atom stereocenters. The fourth-order valence-electron chi connectivity index (χ4n) is 5.88. The van der Waals surface area contributed by atoms with Crippen LogP contribution in [0.5, 0.6) is 0 Å². The van der Waals surface area contributed by atoms with Gasteiger partial charge in [0.25, 0.3) is 0 Å². The van der Waals surface area contributed by atoms with Crippen LogP contribution in [0.15, 0.2) is 104 Å². The maximum atomic E-state index is 11.7. The molecule has 2 fully saturated rings. The van der Waals surface area contributed by atoms with Gasteiger partial charge >= 0.3 is 0 Å². The first-order chi connectivity index (χ1) is 22.5. The maximum absolute atomic E-state index is 11.7. The molecule has 248 valence electrons. The van der Waals surface area contributed by atoms with Gasteiger partial charge in [-0.3, -0.25) is 0 Å². The van der Waals surface area contributed by atoms with E-state index >= 15 is 0 Å². The molecule has 0 amide bonds. The molecule has 5 rings (SSSR count). The lowest BCUT2D eigenvalue weighted by Gasteiger charge is -2.48. The number of hydrogen-bond donors (Lipinski definition) is 1. The van der Waals surface area contributed by atoms with E-state index < -0.39 is 61.4 Å². The van der Waals surface area contributed by atoms with E-state index in [4.69, 9.17) is 37.9 Å². The third-order valence-corrected chi connectivity index (χ3v) is 8.26. The van der Waals surface area contributed by atoms with Crippen molar-refractivity contribution in [2.75, 3.05) is 13.7 Å². The Bertz CT molecular complexity index is 1290. The van der Waals surface area contributed by atoms with Crippen LogP contribution in [0.3, 0.4) is 0 Å². The van der Waals surface area contributed by atoms with Gasteiger partial charge in [0.1, 0.15) is 36.6 Å². The van der Waals surface area contributed by atoms with E-state index in [1.807, 2.05) is 105 Å². The second-order valence-corrected chi connectivity index (χ2v) is 11.6. The minimum atomic E-state index is -1.19. The monoisotopic (exact) mass is 634 g/mol. The molecule has 0 bridgehead atoms. The van der Waals surface area contributed by atoms with E-state index in [0.29, 0.717) is 19.8 Å². The topological polar surface area (TPSA) is 94.1 Å². The quantitative estimate of drug-likeness (QED) is 0.227. The van der Waals surface area contributed by atoms with E-state index in [1.165, 1.54) is 0 Å². The summed E-state index contributed by atoms with van der Waals surface area (Å²) in [6, 6.07) is 29.6. The molecular weight excluding hydrogens is 588 g/mol. The molecule has 1 unspecified atom stereocenters. The lowest BCUT2D eigenvalue weighted by molar-refractivity contribution is -0.365. The van der Waals surface area contributed by atoms with Crippen molar-refractivity contribution < 1.29 is 43.0 Å². The largest absolute Gasteiger partial charge is 0.385 e. The van der Waals surface area contributed by atoms with Gasteiger partial charge in [0.2, 0.25) is 0 Å². The average molecular weight is 635 g/mol. The van der Waals surface area contributed by atoms with Gasteiger partial charge in [0.05, 0.1) is 38.6 Å². The van der Waals surface area contributed by atoms with Crippen LogP contribution in [0.1, 0.15) is 30.5 Å². The van der Waals surface area contributed by atoms with Crippen molar-refractivity contribution in [2.45, 2.75) is 95.1 Å². The number of benzene rings is 3. The molecule has 46 heavy (non-hydrogen) atoms. The van der Waals surface area contributed by atoms with E-state index in [2.05, 4.69) is 6.58 Å².